The van der Waals surface area contributed by atoms with E-state index in [0.29, 0.717) is 0 Å². The zero-order valence-electron chi connectivity index (χ0n) is 9.64. The Morgan fingerprint density at radius 1 is 1.22 bits per heavy atom. The van der Waals surface area contributed by atoms with Gasteiger partial charge in [0.15, 0.2) is 0 Å². The van der Waals surface area contributed by atoms with Crippen molar-refractivity contribution in [1.29, 1.82) is 0 Å². The van der Waals surface area contributed by atoms with Crippen LogP contribution in [0, 0.1) is 3.57 Å². The van der Waals surface area contributed by atoms with Gasteiger partial charge in [-0.1, -0.05) is 0 Å². The molecule has 0 aliphatic heterocycles. The molecule has 6 heteroatoms. The molecule has 2 aromatic rings. The lowest BCUT2D eigenvalue weighted by Gasteiger charge is -2.08. The lowest BCUT2D eigenvalue weighted by Crippen LogP contribution is -2.05. The Labute approximate surface area is 118 Å². The average molecular weight is 354 g/mol. The van der Waals surface area contributed by atoms with Crippen LogP contribution in [0.25, 0.3) is 0 Å². The summed E-state index contributed by atoms with van der Waals surface area (Å²) in [5.74, 6) is 0.680. The molecule has 1 aromatic carbocycles. The minimum Gasteiger partial charge on any atom is -0.339 e. The summed E-state index contributed by atoms with van der Waals surface area (Å²) >= 11 is 2.17. The summed E-state index contributed by atoms with van der Waals surface area (Å²) < 4.78 is 0.945. The number of carbonyl (C=O) groups is 1. The molecule has 0 aliphatic carbocycles. The maximum absolute atomic E-state index is 10.9. The normalized spacial score (nSPS) is 9.89. The third-order valence-electron chi connectivity index (χ3n) is 2.14. The number of amides is 1. The van der Waals surface area contributed by atoms with Gasteiger partial charge in [0.25, 0.3) is 0 Å². The lowest BCUT2D eigenvalue weighted by molar-refractivity contribution is -0.114. The molecular formula is C12H11IN4O. The van der Waals surface area contributed by atoms with Crippen LogP contribution in [0.15, 0.2) is 36.8 Å². The molecule has 0 spiro atoms. The quantitative estimate of drug-likeness (QED) is 0.832. The largest absolute Gasteiger partial charge is 0.339 e. The topological polar surface area (TPSA) is 66.9 Å². The second kappa shape index (κ2) is 5.76. The Balaban J connectivity index is 2.11. The second-order valence-corrected chi connectivity index (χ2v) is 4.77. The average Bonchev–Trinajstić information content (AvgIpc) is 2.34. The van der Waals surface area contributed by atoms with E-state index in [4.69, 9.17) is 0 Å². The number of nitrogens with zero attached hydrogens (tertiary/aromatic N) is 2. The minimum atomic E-state index is -0.0824. The summed E-state index contributed by atoms with van der Waals surface area (Å²) in [6, 6.07) is 7.42. The van der Waals surface area contributed by atoms with E-state index in [-0.39, 0.29) is 5.91 Å². The molecule has 0 bridgehead atoms. The highest BCUT2D eigenvalue weighted by Gasteiger charge is 2.01. The van der Waals surface area contributed by atoms with Gasteiger partial charge < -0.3 is 10.6 Å². The molecule has 0 aliphatic rings. The minimum absolute atomic E-state index is 0.0824. The Morgan fingerprint density at radius 3 is 2.50 bits per heavy atom. The Morgan fingerprint density at radius 2 is 1.89 bits per heavy atom. The van der Waals surface area contributed by atoms with Crippen LogP contribution in [0.5, 0.6) is 0 Å². The molecule has 2 N–H and O–H groups in total. The summed E-state index contributed by atoms with van der Waals surface area (Å²) in [6.45, 7) is 1.48. The van der Waals surface area contributed by atoms with Gasteiger partial charge in [0.05, 0.1) is 3.57 Å². The van der Waals surface area contributed by atoms with E-state index in [1.54, 1.807) is 6.20 Å². The molecule has 1 amide bonds. The van der Waals surface area contributed by atoms with E-state index in [2.05, 4.69) is 43.2 Å². The fraction of sp³-hybridized carbons (Fsp3) is 0.0833. The summed E-state index contributed by atoms with van der Waals surface area (Å²) in [5, 5.41) is 5.89. The summed E-state index contributed by atoms with van der Waals surface area (Å²) in [4.78, 5) is 19.0. The summed E-state index contributed by atoms with van der Waals surface area (Å²) in [5.41, 5.74) is 1.67. The van der Waals surface area contributed by atoms with Crippen LogP contribution < -0.4 is 10.6 Å². The summed E-state index contributed by atoms with van der Waals surface area (Å²) in [7, 11) is 0. The lowest BCUT2D eigenvalue weighted by atomic mass is 10.2. The Hall–Kier alpha value is -1.70. The number of carbonyl (C=O) groups excluding carboxylic acids is 1. The number of hydrogen-bond donors (Lipinski definition) is 2. The molecule has 0 fully saturated rings. The van der Waals surface area contributed by atoms with Crippen molar-refractivity contribution < 1.29 is 4.79 Å². The molecular weight excluding hydrogens is 343 g/mol. The van der Waals surface area contributed by atoms with Gasteiger partial charge in [-0.3, -0.25) is 4.79 Å². The van der Waals surface area contributed by atoms with Crippen LogP contribution in [-0.4, -0.2) is 15.9 Å². The summed E-state index contributed by atoms with van der Waals surface area (Å²) in [6.07, 6.45) is 3.23. The molecule has 0 unspecified atom stereocenters. The molecule has 0 saturated heterocycles. The highest BCUT2D eigenvalue weighted by atomic mass is 127. The SMILES string of the molecule is CC(=O)Nc1ccc(Nc2ncncc2I)cc1. The molecule has 1 heterocycles. The maximum Gasteiger partial charge on any atom is 0.221 e. The second-order valence-electron chi connectivity index (χ2n) is 3.60. The standard InChI is InChI=1S/C12H11IN4O/c1-8(18)16-9-2-4-10(5-3-9)17-12-11(13)6-14-7-15-12/h2-7H,1H3,(H,16,18)(H,14,15,17). The smallest absolute Gasteiger partial charge is 0.221 e. The first-order valence-corrected chi connectivity index (χ1v) is 6.33. The van der Waals surface area contributed by atoms with Gasteiger partial charge in [0.2, 0.25) is 5.91 Å². The number of anilines is 3. The van der Waals surface area contributed by atoms with Gasteiger partial charge in [-0.25, -0.2) is 9.97 Å². The van der Waals surface area contributed by atoms with Crippen LogP contribution in [0.1, 0.15) is 6.92 Å². The molecule has 2 rings (SSSR count). The fourth-order valence-corrected chi connectivity index (χ4v) is 1.82. The van der Waals surface area contributed by atoms with Gasteiger partial charge in [-0.15, -0.1) is 0 Å². The first-order chi connectivity index (χ1) is 8.65. The van der Waals surface area contributed by atoms with Crippen molar-refractivity contribution in [1.82, 2.24) is 9.97 Å². The number of aromatic nitrogens is 2. The predicted molar refractivity (Wildman–Crippen MR) is 78.8 cm³/mol. The van der Waals surface area contributed by atoms with Gasteiger partial charge >= 0.3 is 0 Å². The van der Waals surface area contributed by atoms with E-state index in [9.17, 15) is 4.79 Å². The maximum atomic E-state index is 10.9. The number of halogens is 1. The molecule has 5 nitrogen and oxygen atoms in total. The van der Waals surface area contributed by atoms with E-state index in [1.807, 2.05) is 24.3 Å². The van der Waals surface area contributed by atoms with Crippen LogP contribution in [-0.2, 0) is 4.79 Å². The number of nitrogens with one attached hydrogen (secondary N) is 2. The van der Waals surface area contributed by atoms with Crippen LogP contribution in [0.4, 0.5) is 17.2 Å². The van der Waals surface area contributed by atoms with Crippen LogP contribution in [0.3, 0.4) is 0 Å². The third kappa shape index (κ3) is 3.39. The van der Waals surface area contributed by atoms with Gasteiger partial charge in [0, 0.05) is 24.5 Å². The van der Waals surface area contributed by atoms with Crippen molar-refractivity contribution in [2.45, 2.75) is 6.92 Å². The first-order valence-electron chi connectivity index (χ1n) is 5.25. The molecule has 0 saturated carbocycles. The molecule has 0 radical (unpaired) electrons. The molecule has 92 valence electrons. The van der Waals surface area contributed by atoms with Crippen molar-refractivity contribution >= 4 is 45.7 Å². The molecule has 0 atom stereocenters. The van der Waals surface area contributed by atoms with Crippen LogP contribution in [0.2, 0.25) is 0 Å². The van der Waals surface area contributed by atoms with Crippen molar-refractivity contribution in [3.8, 4) is 0 Å². The van der Waals surface area contributed by atoms with Gasteiger partial charge in [0.1, 0.15) is 12.1 Å². The third-order valence-corrected chi connectivity index (χ3v) is 2.93. The number of hydrogen-bond acceptors (Lipinski definition) is 4. The molecule has 1 aromatic heterocycles. The van der Waals surface area contributed by atoms with E-state index in [0.717, 1.165) is 20.8 Å². The first kappa shape index (κ1) is 12.7. The van der Waals surface area contributed by atoms with Gasteiger partial charge in [-0.2, -0.15) is 0 Å². The van der Waals surface area contributed by atoms with Crippen molar-refractivity contribution in [3.05, 3.63) is 40.4 Å². The zero-order chi connectivity index (χ0) is 13.0. The van der Waals surface area contributed by atoms with E-state index >= 15 is 0 Å². The fourth-order valence-electron chi connectivity index (χ4n) is 1.38. The number of benzene rings is 1. The Kier molecular flexibility index (Phi) is 4.08. The van der Waals surface area contributed by atoms with Crippen molar-refractivity contribution in [2.24, 2.45) is 0 Å². The zero-order valence-corrected chi connectivity index (χ0v) is 11.8. The highest BCUT2D eigenvalue weighted by Crippen LogP contribution is 2.20. The van der Waals surface area contributed by atoms with E-state index in [1.165, 1.54) is 13.3 Å². The monoisotopic (exact) mass is 354 g/mol. The van der Waals surface area contributed by atoms with E-state index < -0.39 is 0 Å². The molecule has 18 heavy (non-hydrogen) atoms. The highest BCUT2D eigenvalue weighted by molar-refractivity contribution is 14.1. The Bertz CT molecular complexity index is 556. The van der Waals surface area contributed by atoms with Crippen molar-refractivity contribution in [3.63, 3.8) is 0 Å². The van der Waals surface area contributed by atoms with Gasteiger partial charge in [-0.05, 0) is 46.9 Å². The van der Waals surface area contributed by atoms with Crippen molar-refractivity contribution in [2.75, 3.05) is 10.6 Å². The number of rotatable bonds is 3. The van der Waals surface area contributed by atoms with Crippen LogP contribution >= 0.6 is 22.6 Å². The predicted octanol–water partition coefficient (Wildman–Crippen LogP) is 2.78.